The number of carbonyl (C=O) groups is 2. The molecule has 2 aliphatic heterocycles. The predicted molar refractivity (Wildman–Crippen MR) is 102 cm³/mol. The highest BCUT2D eigenvalue weighted by molar-refractivity contribution is 5.78. The Labute approximate surface area is 160 Å². The molecule has 1 aromatic carbocycles. The summed E-state index contributed by atoms with van der Waals surface area (Å²) in [5.41, 5.74) is 0.672. The van der Waals surface area contributed by atoms with Gasteiger partial charge in [-0.3, -0.25) is 9.59 Å². The Morgan fingerprint density at radius 1 is 1.19 bits per heavy atom. The molecule has 5 heteroatoms. The van der Waals surface area contributed by atoms with Crippen molar-refractivity contribution in [3.8, 4) is 0 Å². The molecule has 27 heavy (non-hydrogen) atoms. The highest BCUT2D eigenvalue weighted by Crippen LogP contribution is 2.40. The Hall–Kier alpha value is -1.91. The number of hydrogen-bond donors (Lipinski definition) is 0. The van der Waals surface area contributed by atoms with Gasteiger partial charge >= 0.3 is 0 Å². The van der Waals surface area contributed by atoms with Crippen molar-refractivity contribution in [1.29, 1.82) is 0 Å². The highest BCUT2D eigenvalue weighted by Gasteiger charge is 2.43. The molecule has 0 aromatic heterocycles. The molecule has 1 saturated carbocycles. The molecule has 1 aromatic rings. The minimum Gasteiger partial charge on any atom is -0.342 e. The fourth-order valence-electron chi connectivity index (χ4n) is 4.74. The van der Waals surface area contributed by atoms with Crippen molar-refractivity contribution >= 4 is 11.8 Å². The Morgan fingerprint density at radius 3 is 2.78 bits per heavy atom. The second-order valence-electron chi connectivity index (χ2n) is 8.73. The minimum absolute atomic E-state index is 0.0642. The molecular weight excluding hydrogens is 343 g/mol. The molecule has 4 nitrogen and oxygen atoms in total. The lowest BCUT2D eigenvalue weighted by molar-refractivity contribution is -0.143. The lowest BCUT2D eigenvalue weighted by Gasteiger charge is -2.48. The zero-order valence-corrected chi connectivity index (χ0v) is 16.0. The zero-order valence-electron chi connectivity index (χ0n) is 16.0. The number of likely N-dealkylation sites (tertiary alicyclic amines) is 2. The first-order valence-corrected chi connectivity index (χ1v) is 10.3. The van der Waals surface area contributed by atoms with E-state index in [4.69, 9.17) is 0 Å². The fraction of sp³-hybridized carbons (Fsp3) is 0.636. The zero-order chi connectivity index (χ0) is 18.9. The number of halogens is 1. The smallest absolute Gasteiger partial charge is 0.222 e. The molecule has 1 atom stereocenters. The first-order chi connectivity index (χ1) is 13.0. The average molecular weight is 372 g/mol. The lowest BCUT2D eigenvalue weighted by atomic mass is 9.73. The van der Waals surface area contributed by atoms with Crippen molar-refractivity contribution in [2.45, 2.75) is 51.4 Å². The van der Waals surface area contributed by atoms with E-state index in [9.17, 15) is 14.0 Å². The van der Waals surface area contributed by atoms with E-state index in [0.29, 0.717) is 30.7 Å². The van der Waals surface area contributed by atoms with Gasteiger partial charge in [0.1, 0.15) is 5.82 Å². The van der Waals surface area contributed by atoms with E-state index < -0.39 is 0 Å². The molecule has 2 amide bonds. The van der Waals surface area contributed by atoms with Crippen LogP contribution < -0.4 is 0 Å². The van der Waals surface area contributed by atoms with Gasteiger partial charge in [0.05, 0.1) is 0 Å². The number of piperidine rings is 2. The van der Waals surface area contributed by atoms with Crippen LogP contribution in [0.3, 0.4) is 0 Å². The molecule has 3 aliphatic rings. The normalized spacial score (nSPS) is 25.9. The maximum atomic E-state index is 13.8. The van der Waals surface area contributed by atoms with Gasteiger partial charge in [-0.05, 0) is 56.1 Å². The van der Waals surface area contributed by atoms with Gasteiger partial charge in [0.2, 0.25) is 11.8 Å². The van der Waals surface area contributed by atoms with Crippen molar-refractivity contribution in [2.75, 3.05) is 26.2 Å². The van der Waals surface area contributed by atoms with Crippen LogP contribution in [0.1, 0.15) is 50.5 Å². The van der Waals surface area contributed by atoms with Gasteiger partial charge in [0.25, 0.3) is 0 Å². The van der Waals surface area contributed by atoms with Gasteiger partial charge in [-0.25, -0.2) is 4.39 Å². The Morgan fingerprint density at radius 2 is 2.00 bits per heavy atom. The molecule has 0 N–H and O–H groups in total. The first-order valence-electron chi connectivity index (χ1n) is 10.3. The van der Waals surface area contributed by atoms with Gasteiger partial charge < -0.3 is 9.80 Å². The molecule has 2 heterocycles. The molecule has 1 spiro atoms. The van der Waals surface area contributed by atoms with Gasteiger partial charge in [-0.2, -0.15) is 0 Å². The summed E-state index contributed by atoms with van der Waals surface area (Å²) in [5, 5.41) is 0. The minimum atomic E-state index is -0.234. The van der Waals surface area contributed by atoms with Crippen LogP contribution in [-0.2, 0) is 16.0 Å². The summed E-state index contributed by atoms with van der Waals surface area (Å²) in [4.78, 5) is 29.1. The maximum absolute atomic E-state index is 13.8. The van der Waals surface area contributed by atoms with Crippen molar-refractivity contribution < 1.29 is 14.0 Å². The van der Waals surface area contributed by atoms with E-state index in [-0.39, 0.29) is 23.0 Å². The predicted octanol–water partition coefficient (Wildman–Crippen LogP) is 3.40. The number of benzene rings is 1. The summed E-state index contributed by atoms with van der Waals surface area (Å²) in [6, 6.07) is 6.69. The van der Waals surface area contributed by atoms with Crippen molar-refractivity contribution in [1.82, 2.24) is 9.80 Å². The number of hydrogen-bond acceptors (Lipinski definition) is 2. The molecule has 3 fully saturated rings. The molecule has 0 radical (unpaired) electrons. The second-order valence-corrected chi connectivity index (χ2v) is 8.73. The molecule has 0 bridgehead atoms. The van der Waals surface area contributed by atoms with Crippen LogP contribution in [0.2, 0.25) is 0 Å². The van der Waals surface area contributed by atoms with Crippen LogP contribution in [0.25, 0.3) is 0 Å². The maximum Gasteiger partial charge on any atom is 0.222 e. The SMILES string of the molecule is O=C(CCc1ccccc1F)N1CCCC2(CCC(=O)N(CC3CC3)C2)C1. The fourth-order valence-corrected chi connectivity index (χ4v) is 4.74. The summed E-state index contributed by atoms with van der Waals surface area (Å²) >= 11 is 0. The number of rotatable bonds is 5. The van der Waals surface area contributed by atoms with E-state index in [0.717, 1.165) is 45.4 Å². The Bertz CT molecular complexity index is 718. The molecule has 4 rings (SSSR count). The summed E-state index contributed by atoms with van der Waals surface area (Å²) in [6.45, 7) is 3.24. The van der Waals surface area contributed by atoms with E-state index in [1.807, 2.05) is 11.0 Å². The molecule has 146 valence electrons. The lowest BCUT2D eigenvalue weighted by Crippen LogP contribution is -2.55. The van der Waals surface area contributed by atoms with Gasteiger partial charge in [-0.1, -0.05) is 18.2 Å². The van der Waals surface area contributed by atoms with Crippen LogP contribution >= 0.6 is 0 Å². The number of aryl methyl sites for hydroxylation is 1. The monoisotopic (exact) mass is 372 g/mol. The van der Waals surface area contributed by atoms with Crippen LogP contribution in [-0.4, -0.2) is 47.8 Å². The van der Waals surface area contributed by atoms with Crippen molar-refractivity contribution in [2.24, 2.45) is 11.3 Å². The van der Waals surface area contributed by atoms with E-state index in [1.165, 1.54) is 18.9 Å². The third-order valence-corrected chi connectivity index (χ3v) is 6.50. The molecule has 1 unspecified atom stereocenters. The highest BCUT2D eigenvalue weighted by atomic mass is 19.1. The number of amides is 2. The van der Waals surface area contributed by atoms with E-state index in [2.05, 4.69) is 4.90 Å². The topological polar surface area (TPSA) is 40.6 Å². The standard InChI is InChI=1S/C22H29FN2O2/c23-19-5-2-1-4-18(19)8-9-20(26)24-13-3-11-22(15-24)12-10-21(27)25(16-22)14-17-6-7-17/h1-2,4-5,17H,3,6-16H2. The third-order valence-electron chi connectivity index (χ3n) is 6.50. The molecule has 2 saturated heterocycles. The summed E-state index contributed by atoms with van der Waals surface area (Å²) < 4.78 is 13.8. The molecule has 1 aliphatic carbocycles. The van der Waals surface area contributed by atoms with Gasteiger partial charge in [0, 0.05) is 44.4 Å². The summed E-state index contributed by atoms with van der Waals surface area (Å²) in [5.74, 6) is 0.867. The van der Waals surface area contributed by atoms with Gasteiger partial charge in [0.15, 0.2) is 0 Å². The van der Waals surface area contributed by atoms with Crippen LogP contribution in [0, 0.1) is 17.2 Å². The van der Waals surface area contributed by atoms with Crippen molar-refractivity contribution in [3.05, 3.63) is 35.6 Å². The summed E-state index contributed by atoms with van der Waals surface area (Å²) in [7, 11) is 0. The number of carbonyl (C=O) groups excluding carboxylic acids is 2. The largest absolute Gasteiger partial charge is 0.342 e. The van der Waals surface area contributed by atoms with E-state index >= 15 is 0 Å². The van der Waals surface area contributed by atoms with Crippen LogP contribution in [0.5, 0.6) is 0 Å². The van der Waals surface area contributed by atoms with Crippen LogP contribution in [0.15, 0.2) is 24.3 Å². The first kappa shape index (κ1) is 18.5. The second kappa shape index (κ2) is 7.61. The Balaban J connectivity index is 1.36. The average Bonchev–Trinajstić information content (AvgIpc) is 3.48. The van der Waals surface area contributed by atoms with Gasteiger partial charge in [-0.15, -0.1) is 0 Å². The third kappa shape index (κ3) is 4.33. The quantitative estimate of drug-likeness (QED) is 0.795. The summed E-state index contributed by atoms with van der Waals surface area (Å²) in [6.07, 6.45) is 6.89. The Kier molecular flexibility index (Phi) is 5.20. The number of nitrogens with zero attached hydrogens (tertiary/aromatic N) is 2. The van der Waals surface area contributed by atoms with Crippen LogP contribution in [0.4, 0.5) is 4.39 Å². The molecular formula is C22H29FN2O2. The van der Waals surface area contributed by atoms with E-state index in [1.54, 1.807) is 12.1 Å². The van der Waals surface area contributed by atoms with Crippen molar-refractivity contribution in [3.63, 3.8) is 0 Å².